The SMILES string of the molecule is CN=C(NCCCNC(=O)c1ccccc1)N(C)Cc1cc(Cl)cn1C.I. The third-order valence-electron chi connectivity index (χ3n) is 4.01. The number of guanidine groups is 1. The van der Waals surface area contributed by atoms with E-state index in [0.717, 1.165) is 29.6 Å². The lowest BCUT2D eigenvalue weighted by Gasteiger charge is -2.22. The van der Waals surface area contributed by atoms with Crippen molar-refractivity contribution in [1.29, 1.82) is 0 Å². The maximum Gasteiger partial charge on any atom is 0.251 e. The van der Waals surface area contributed by atoms with Gasteiger partial charge in [-0.3, -0.25) is 9.79 Å². The van der Waals surface area contributed by atoms with E-state index in [1.807, 2.05) is 54.0 Å². The second kappa shape index (κ2) is 11.9. The number of rotatable bonds is 7. The number of hydrogen-bond acceptors (Lipinski definition) is 2. The van der Waals surface area contributed by atoms with Crippen molar-refractivity contribution in [3.8, 4) is 0 Å². The van der Waals surface area contributed by atoms with Gasteiger partial charge in [0, 0.05) is 51.7 Å². The minimum atomic E-state index is -0.0484. The molecule has 0 saturated carbocycles. The number of carbonyl (C=O) groups is 1. The first-order chi connectivity index (χ1) is 12.5. The third kappa shape index (κ3) is 7.42. The Morgan fingerprint density at radius 1 is 1.22 bits per heavy atom. The lowest BCUT2D eigenvalue weighted by Crippen LogP contribution is -2.40. The highest BCUT2D eigenvalue weighted by Gasteiger charge is 2.09. The second-order valence-electron chi connectivity index (χ2n) is 6.07. The molecule has 1 heterocycles. The highest BCUT2D eigenvalue weighted by atomic mass is 127. The Morgan fingerprint density at radius 2 is 1.89 bits per heavy atom. The van der Waals surface area contributed by atoms with Crippen LogP contribution >= 0.6 is 35.6 Å². The van der Waals surface area contributed by atoms with Gasteiger partial charge in [-0.2, -0.15) is 0 Å². The Balaban J connectivity index is 0.00000364. The molecule has 0 radical (unpaired) electrons. The molecule has 1 aromatic carbocycles. The van der Waals surface area contributed by atoms with E-state index in [1.54, 1.807) is 19.2 Å². The van der Waals surface area contributed by atoms with Crippen molar-refractivity contribution in [1.82, 2.24) is 20.1 Å². The molecule has 8 heteroatoms. The smallest absolute Gasteiger partial charge is 0.251 e. The summed E-state index contributed by atoms with van der Waals surface area (Å²) in [6.07, 6.45) is 2.69. The van der Waals surface area contributed by atoms with Crippen molar-refractivity contribution in [3.63, 3.8) is 0 Å². The monoisotopic (exact) mass is 503 g/mol. The van der Waals surface area contributed by atoms with Crippen molar-refractivity contribution >= 4 is 47.4 Å². The summed E-state index contributed by atoms with van der Waals surface area (Å²) in [5.41, 5.74) is 1.79. The van der Waals surface area contributed by atoms with Gasteiger partial charge in [0.1, 0.15) is 0 Å². The van der Waals surface area contributed by atoms with Gasteiger partial charge in [0.05, 0.1) is 11.6 Å². The summed E-state index contributed by atoms with van der Waals surface area (Å²) in [7, 11) is 5.71. The number of halogens is 2. The molecule has 2 N–H and O–H groups in total. The van der Waals surface area contributed by atoms with E-state index in [1.165, 1.54) is 0 Å². The Morgan fingerprint density at radius 3 is 2.48 bits per heavy atom. The fraction of sp³-hybridized carbons (Fsp3) is 0.368. The van der Waals surface area contributed by atoms with E-state index < -0.39 is 0 Å². The Hall–Kier alpha value is -1.74. The number of aliphatic imine (C=N–C) groups is 1. The summed E-state index contributed by atoms with van der Waals surface area (Å²) in [5.74, 6) is 0.754. The van der Waals surface area contributed by atoms with Crippen LogP contribution in [0.4, 0.5) is 0 Å². The van der Waals surface area contributed by atoms with Gasteiger partial charge >= 0.3 is 0 Å². The molecule has 0 aliphatic heterocycles. The zero-order valence-corrected chi connectivity index (χ0v) is 19.0. The first-order valence-corrected chi connectivity index (χ1v) is 8.95. The zero-order valence-electron chi connectivity index (χ0n) is 15.9. The van der Waals surface area contributed by atoms with E-state index in [9.17, 15) is 4.79 Å². The van der Waals surface area contributed by atoms with E-state index in [0.29, 0.717) is 18.7 Å². The quantitative estimate of drug-likeness (QED) is 0.264. The van der Waals surface area contributed by atoms with E-state index >= 15 is 0 Å². The van der Waals surface area contributed by atoms with Crippen LogP contribution in [0.1, 0.15) is 22.5 Å². The topological polar surface area (TPSA) is 61.7 Å². The van der Waals surface area contributed by atoms with Gasteiger partial charge < -0.3 is 20.1 Å². The van der Waals surface area contributed by atoms with Gasteiger partial charge in [-0.1, -0.05) is 29.8 Å². The summed E-state index contributed by atoms with van der Waals surface area (Å²) in [6, 6.07) is 11.2. The van der Waals surface area contributed by atoms with Crippen LogP contribution in [0.25, 0.3) is 0 Å². The van der Waals surface area contributed by atoms with Crippen molar-refractivity contribution in [2.45, 2.75) is 13.0 Å². The summed E-state index contributed by atoms with van der Waals surface area (Å²) in [5, 5.41) is 6.96. The average Bonchev–Trinajstić information content (AvgIpc) is 2.95. The molecule has 1 amide bonds. The number of hydrogen-bond donors (Lipinski definition) is 2. The van der Waals surface area contributed by atoms with Crippen LogP contribution in [0.3, 0.4) is 0 Å². The molecule has 2 aromatic rings. The van der Waals surface area contributed by atoms with Gasteiger partial charge in [0.25, 0.3) is 5.91 Å². The summed E-state index contributed by atoms with van der Waals surface area (Å²) >= 11 is 6.03. The number of nitrogens with one attached hydrogen (secondary N) is 2. The number of aromatic nitrogens is 1. The highest BCUT2D eigenvalue weighted by molar-refractivity contribution is 14.0. The molecule has 0 saturated heterocycles. The number of nitrogens with zero attached hydrogens (tertiary/aromatic N) is 3. The largest absolute Gasteiger partial charge is 0.356 e. The molecule has 148 valence electrons. The fourth-order valence-electron chi connectivity index (χ4n) is 2.61. The summed E-state index contributed by atoms with van der Waals surface area (Å²) < 4.78 is 2.01. The van der Waals surface area contributed by atoms with Crippen molar-refractivity contribution in [2.24, 2.45) is 12.0 Å². The lowest BCUT2D eigenvalue weighted by atomic mass is 10.2. The van der Waals surface area contributed by atoms with E-state index in [-0.39, 0.29) is 29.9 Å². The summed E-state index contributed by atoms with van der Waals surface area (Å²) in [6.45, 7) is 2.03. The maximum absolute atomic E-state index is 12.0. The van der Waals surface area contributed by atoms with Gasteiger partial charge in [-0.25, -0.2) is 0 Å². The van der Waals surface area contributed by atoms with E-state index in [2.05, 4.69) is 15.6 Å². The van der Waals surface area contributed by atoms with Crippen molar-refractivity contribution in [2.75, 3.05) is 27.2 Å². The first kappa shape index (κ1) is 23.3. The molecule has 1 aromatic heterocycles. The van der Waals surface area contributed by atoms with Crippen LogP contribution in [0.15, 0.2) is 47.6 Å². The average molecular weight is 504 g/mol. The van der Waals surface area contributed by atoms with Crippen molar-refractivity contribution < 1.29 is 4.79 Å². The molecule has 0 atom stereocenters. The number of carbonyl (C=O) groups excluding carboxylic acids is 1. The fourth-order valence-corrected chi connectivity index (χ4v) is 2.88. The molecular formula is C19H27ClIN5O. The van der Waals surface area contributed by atoms with Crippen LogP contribution in [-0.2, 0) is 13.6 Å². The Kier molecular flexibility index (Phi) is 10.2. The number of amides is 1. The minimum Gasteiger partial charge on any atom is -0.356 e. The van der Waals surface area contributed by atoms with Gasteiger partial charge in [0.15, 0.2) is 5.96 Å². The molecule has 0 unspecified atom stereocenters. The number of benzene rings is 1. The van der Waals surface area contributed by atoms with Crippen LogP contribution < -0.4 is 10.6 Å². The van der Waals surface area contributed by atoms with Crippen LogP contribution in [0.5, 0.6) is 0 Å². The second-order valence-corrected chi connectivity index (χ2v) is 6.50. The molecule has 0 fully saturated rings. The standard InChI is InChI=1S/C19H26ClN5O.HI/c1-21-19(25(3)14-17-12-16(20)13-24(17)2)23-11-7-10-22-18(26)15-8-5-4-6-9-15;/h4-6,8-9,12-13H,7,10-11,14H2,1-3H3,(H,21,23)(H,22,26);1H. The molecule has 0 bridgehead atoms. The molecule has 0 aliphatic rings. The third-order valence-corrected chi connectivity index (χ3v) is 4.21. The lowest BCUT2D eigenvalue weighted by molar-refractivity contribution is 0.0953. The zero-order chi connectivity index (χ0) is 18.9. The van der Waals surface area contributed by atoms with Gasteiger partial charge in [-0.05, 0) is 24.6 Å². The number of aryl methyl sites for hydroxylation is 1. The van der Waals surface area contributed by atoms with Crippen LogP contribution in [0, 0.1) is 0 Å². The van der Waals surface area contributed by atoms with Gasteiger partial charge in [0.2, 0.25) is 0 Å². The molecule has 2 rings (SSSR count). The summed E-state index contributed by atoms with van der Waals surface area (Å²) in [4.78, 5) is 18.3. The minimum absolute atomic E-state index is 0. The Labute approximate surface area is 183 Å². The maximum atomic E-state index is 12.0. The van der Waals surface area contributed by atoms with E-state index in [4.69, 9.17) is 11.6 Å². The Bertz CT molecular complexity index is 748. The molecular weight excluding hydrogens is 477 g/mol. The predicted molar refractivity (Wildman–Crippen MR) is 122 cm³/mol. The van der Waals surface area contributed by atoms with Crippen LogP contribution in [0.2, 0.25) is 5.02 Å². The first-order valence-electron chi connectivity index (χ1n) is 8.57. The molecule has 0 spiro atoms. The predicted octanol–water partition coefficient (Wildman–Crippen LogP) is 3.12. The molecule has 27 heavy (non-hydrogen) atoms. The normalized spacial score (nSPS) is 10.9. The van der Waals surface area contributed by atoms with Gasteiger partial charge in [-0.15, -0.1) is 24.0 Å². The van der Waals surface area contributed by atoms with Crippen molar-refractivity contribution in [3.05, 3.63) is 58.9 Å². The molecule has 0 aliphatic carbocycles. The molecule has 6 nitrogen and oxygen atoms in total. The highest BCUT2D eigenvalue weighted by Crippen LogP contribution is 2.14. The van der Waals surface area contributed by atoms with Crippen LogP contribution in [-0.4, -0.2) is 48.5 Å².